The molecule has 0 unspecified atom stereocenters. The minimum Gasteiger partial charge on any atom is -0.353 e. The van der Waals surface area contributed by atoms with Gasteiger partial charge < -0.3 is 14.8 Å². The van der Waals surface area contributed by atoms with Crippen molar-refractivity contribution < 1.29 is 9.59 Å². The van der Waals surface area contributed by atoms with Crippen molar-refractivity contribution in [2.75, 3.05) is 18.8 Å². The third-order valence-corrected chi connectivity index (χ3v) is 6.89. The summed E-state index contributed by atoms with van der Waals surface area (Å²) in [5.74, 6) is 0.719. The molecule has 1 aliphatic carbocycles. The van der Waals surface area contributed by atoms with E-state index >= 15 is 0 Å². The Hall–Kier alpha value is -1.95. The van der Waals surface area contributed by atoms with E-state index in [0.29, 0.717) is 18.3 Å². The summed E-state index contributed by atoms with van der Waals surface area (Å²) >= 11 is 1.57. The number of nitrogens with one attached hydrogen (secondary N) is 1. The Labute approximate surface area is 170 Å². The van der Waals surface area contributed by atoms with Crippen LogP contribution in [-0.4, -0.2) is 46.2 Å². The molecular formula is C22H29N3O2S. The number of carbonyl (C=O) groups is 2. The fourth-order valence-electron chi connectivity index (χ4n) is 4.33. The summed E-state index contributed by atoms with van der Waals surface area (Å²) in [6.45, 7) is 2.12. The topological polar surface area (TPSA) is 54.3 Å². The maximum atomic E-state index is 12.6. The number of nitrogens with zero attached hydrogens (tertiary/aromatic N) is 2. The maximum absolute atomic E-state index is 12.6. The Morgan fingerprint density at radius 3 is 2.57 bits per heavy atom. The molecule has 28 heavy (non-hydrogen) atoms. The van der Waals surface area contributed by atoms with E-state index in [0.717, 1.165) is 54.6 Å². The number of hydrogen-bond donors (Lipinski definition) is 1. The van der Waals surface area contributed by atoms with Gasteiger partial charge in [-0.1, -0.05) is 37.5 Å². The zero-order valence-corrected chi connectivity index (χ0v) is 17.2. The molecule has 1 saturated carbocycles. The number of carbonyl (C=O) groups excluding carboxylic acids is 2. The van der Waals surface area contributed by atoms with Gasteiger partial charge in [-0.3, -0.25) is 9.59 Å². The van der Waals surface area contributed by atoms with Gasteiger partial charge >= 0.3 is 0 Å². The molecule has 1 aromatic heterocycles. The Kier molecular flexibility index (Phi) is 6.25. The molecule has 2 fully saturated rings. The van der Waals surface area contributed by atoms with Gasteiger partial charge in [0.1, 0.15) is 6.54 Å². The van der Waals surface area contributed by atoms with Crippen molar-refractivity contribution in [3.63, 3.8) is 0 Å². The lowest BCUT2D eigenvalue weighted by molar-refractivity contribution is -0.130. The number of hydrogen-bond acceptors (Lipinski definition) is 3. The number of thioether (sulfide) groups is 1. The van der Waals surface area contributed by atoms with Gasteiger partial charge in [0.2, 0.25) is 11.8 Å². The number of fused-ring (bicyclic) bond motifs is 1. The third-order valence-electron chi connectivity index (χ3n) is 5.85. The van der Waals surface area contributed by atoms with Gasteiger partial charge in [0, 0.05) is 41.1 Å². The molecule has 0 atom stereocenters. The van der Waals surface area contributed by atoms with Gasteiger partial charge in [0.05, 0.1) is 5.75 Å². The lowest BCUT2D eigenvalue weighted by Crippen LogP contribution is -2.37. The van der Waals surface area contributed by atoms with Gasteiger partial charge in [-0.2, -0.15) is 0 Å². The molecular weight excluding hydrogens is 370 g/mol. The summed E-state index contributed by atoms with van der Waals surface area (Å²) < 4.78 is 2.04. The van der Waals surface area contributed by atoms with Crippen molar-refractivity contribution >= 4 is 34.5 Å². The smallest absolute Gasteiger partial charge is 0.242 e. The minimum atomic E-state index is 0.113. The molecule has 2 aromatic rings. The first-order valence-electron chi connectivity index (χ1n) is 10.5. The number of aromatic nitrogens is 1. The molecule has 6 heteroatoms. The molecule has 0 radical (unpaired) electrons. The van der Waals surface area contributed by atoms with E-state index < -0.39 is 0 Å². The van der Waals surface area contributed by atoms with E-state index in [1.54, 1.807) is 11.8 Å². The van der Waals surface area contributed by atoms with Crippen LogP contribution in [0.3, 0.4) is 0 Å². The first-order valence-corrected chi connectivity index (χ1v) is 11.5. The van der Waals surface area contributed by atoms with Crippen molar-refractivity contribution in [1.29, 1.82) is 0 Å². The highest BCUT2D eigenvalue weighted by Crippen LogP contribution is 2.30. The van der Waals surface area contributed by atoms with Crippen LogP contribution in [0.2, 0.25) is 0 Å². The molecule has 2 aliphatic rings. The third kappa shape index (κ3) is 4.54. The van der Waals surface area contributed by atoms with Gasteiger partial charge in [0.15, 0.2) is 0 Å². The fraction of sp³-hybridized carbons (Fsp3) is 0.545. The highest BCUT2D eigenvalue weighted by atomic mass is 32.2. The van der Waals surface area contributed by atoms with Gasteiger partial charge in [-0.05, 0) is 31.7 Å². The lowest BCUT2D eigenvalue weighted by atomic mass is 9.95. The molecule has 2 amide bonds. The number of likely N-dealkylation sites (tertiary alicyclic amines) is 1. The van der Waals surface area contributed by atoms with Crippen molar-refractivity contribution in [2.45, 2.75) is 62.4 Å². The van der Waals surface area contributed by atoms with Crippen LogP contribution in [-0.2, 0) is 16.1 Å². The molecule has 0 spiro atoms. The second-order valence-corrected chi connectivity index (χ2v) is 8.93. The van der Waals surface area contributed by atoms with Crippen LogP contribution in [0.1, 0.15) is 44.9 Å². The van der Waals surface area contributed by atoms with E-state index in [2.05, 4.69) is 17.4 Å². The Morgan fingerprint density at radius 2 is 1.79 bits per heavy atom. The molecule has 1 aliphatic heterocycles. The van der Waals surface area contributed by atoms with Crippen molar-refractivity contribution in [3.05, 3.63) is 30.5 Å². The zero-order chi connectivity index (χ0) is 19.3. The second kappa shape index (κ2) is 9.03. The number of amides is 2. The summed E-state index contributed by atoms with van der Waals surface area (Å²) in [6.07, 6.45) is 10.2. The van der Waals surface area contributed by atoms with Crippen molar-refractivity contribution in [3.8, 4) is 0 Å². The summed E-state index contributed by atoms with van der Waals surface area (Å²) in [7, 11) is 0. The van der Waals surface area contributed by atoms with Crippen molar-refractivity contribution in [1.82, 2.24) is 14.8 Å². The predicted octanol–water partition coefficient (Wildman–Crippen LogP) is 3.80. The van der Waals surface area contributed by atoms with E-state index in [4.69, 9.17) is 0 Å². The average molecular weight is 400 g/mol. The van der Waals surface area contributed by atoms with E-state index in [9.17, 15) is 9.59 Å². The largest absolute Gasteiger partial charge is 0.353 e. The molecule has 1 saturated heterocycles. The second-order valence-electron chi connectivity index (χ2n) is 7.92. The van der Waals surface area contributed by atoms with Crippen LogP contribution >= 0.6 is 11.8 Å². The molecule has 1 N–H and O–H groups in total. The van der Waals surface area contributed by atoms with Crippen LogP contribution in [0.15, 0.2) is 35.4 Å². The van der Waals surface area contributed by atoms with E-state index in [1.807, 2.05) is 27.8 Å². The summed E-state index contributed by atoms with van der Waals surface area (Å²) in [6, 6.07) is 8.50. The molecule has 4 rings (SSSR count). The maximum Gasteiger partial charge on any atom is 0.242 e. The Bertz CT molecular complexity index is 835. The first kappa shape index (κ1) is 19.4. The summed E-state index contributed by atoms with van der Waals surface area (Å²) in [4.78, 5) is 28.0. The Balaban J connectivity index is 1.42. The van der Waals surface area contributed by atoms with Gasteiger partial charge in [-0.15, -0.1) is 11.8 Å². The lowest BCUT2D eigenvalue weighted by Gasteiger charge is -2.22. The Morgan fingerprint density at radius 1 is 1.04 bits per heavy atom. The monoisotopic (exact) mass is 399 g/mol. The quantitative estimate of drug-likeness (QED) is 0.752. The average Bonchev–Trinajstić information content (AvgIpc) is 3.36. The van der Waals surface area contributed by atoms with E-state index in [1.165, 1.54) is 19.3 Å². The summed E-state index contributed by atoms with van der Waals surface area (Å²) in [5.41, 5.74) is 1.06. The molecule has 1 aromatic carbocycles. The standard InChI is InChI=1S/C22H29N3O2S/c26-21(23-17-8-2-1-3-9-17)16-28-20-14-25(19-11-5-4-10-18(19)20)15-22(27)24-12-6-7-13-24/h4-5,10-11,14,17H,1-3,6-9,12-13,15-16H2,(H,23,26). The number of para-hydroxylation sites is 1. The van der Waals surface area contributed by atoms with Crippen LogP contribution in [0.25, 0.3) is 10.9 Å². The van der Waals surface area contributed by atoms with Crippen LogP contribution in [0.5, 0.6) is 0 Å². The van der Waals surface area contributed by atoms with Crippen LogP contribution in [0.4, 0.5) is 0 Å². The SMILES string of the molecule is O=C(CSc1cn(CC(=O)N2CCCC2)c2ccccc12)NC1CCCCC1. The minimum absolute atomic E-state index is 0.113. The van der Waals surface area contributed by atoms with Crippen LogP contribution in [0, 0.1) is 0 Å². The number of rotatable bonds is 6. The highest BCUT2D eigenvalue weighted by Gasteiger charge is 2.20. The van der Waals surface area contributed by atoms with Crippen LogP contribution < -0.4 is 5.32 Å². The predicted molar refractivity (Wildman–Crippen MR) is 113 cm³/mol. The van der Waals surface area contributed by atoms with Gasteiger partial charge in [-0.25, -0.2) is 0 Å². The zero-order valence-electron chi connectivity index (χ0n) is 16.4. The first-order chi connectivity index (χ1) is 13.7. The highest BCUT2D eigenvalue weighted by molar-refractivity contribution is 8.00. The van der Waals surface area contributed by atoms with Gasteiger partial charge in [0.25, 0.3) is 0 Å². The molecule has 5 nitrogen and oxygen atoms in total. The molecule has 0 bridgehead atoms. The number of benzene rings is 1. The normalized spacial score (nSPS) is 17.9. The van der Waals surface area contributed by atoms with Crippen molar-refractivity contribution in [2.24, 2.45) is 0 Å². The van der Waals surface area contributed by atoms with E-state index in [-0.39, 0.29) is 11.8 Å². The molecule has 150 valence electrons. The molecule has 2 heterocycles. The summed E-state index contributed by atoms with van der Waals surface area (Å²) in [5, 5.41) is 4.30. The fourth-order valence-corrected chi connectivity index (χ4v) is 5.23.